The third-order valence-electron chi connectivity index (χ3n) is 6.48. The molecular weight excluding hydrogens is 504 g/mol. The van der Waals surface area contributed by atoms with Gasteiger partial charge < -0.3 is 18.9 Å². The van der Waals surface area contributed by atoms with Gasteiger partial charge >= 0.3 is 0 Å². The van der Waals surface area contributed by atoms with E-state index in [0.717, 1.165) is 74.4 Å². The molecule has 0 aliphatic carbocycles. The minimum absolute atomic E-state index is 0.0640. The molecule has 0 unspecified atom stereocenters. The molecule has 0 aliphatic heterocycles. The van der Waals surface area contributed by atoms with E-state index in [1.54, 1.807) is 38.1 Å². The average Bonchev–Trinajstić information content (AvgIpc) is 2.96. The predicted octanol–water partition coefficient (Wildman–Crippen LogP) is 8.13. The van der Waals surface area contributed by atoms with Gasteiger partial charge in [0.05, 0.1) is 26.4 Å². The molecule has 0 fully saturated rings. The number of rotatable bonds is 20. The second kappa shape index (κ2) is 17.7. The smallest absolute Gasteiger partial charge is 0.159 e. The zero-order valence-electron chi connectivity index (χ0n) is 23.9. The van der Waals surface area contributed by atoms with Crippen LogP contribution in [0.25, 0.3) is 0 Å². The van der Waals surface area contributed by atoms with E-state index >= 15 is 0 Å². The first kappa shape index (κ1) is 30.7. The van der Waals surface area contributed by atoms with Crippen LogP contribution in [-0.4, -0.2) is 38.0 Å². The summed E-state index contributed by atoms with van der Waals surface area (Å²) in [5.74, 6) is 3.40. The van der Waals surface area contributed by atoms with Crippen LogP contribution < -0.4 is 18.9 Å². The molecule has 0 N–H and O–H groups in total. The normalized spacial score (nSPS) is 10.7. The molecule has 0 bridgehead atoms. The lowest BCUT2D eigenvalue weighted by atomic mass is 10.1. The molecule has 0 atom stereocenters. The summed E-state index contributed by atoms with van der Waals surface area (Å²) in [6.07, 6.45) is 8.29. The average molecular weight is 547 g/mol. The van der Waals surface area contributed by atoms with Crippen LogP contribution in [0, 0.1) is 0 Å². The molecule has 3 aromatic carbocycles. The van der Waals surface area contributed by atoms with Crippen molar-refractivity contribution in [2.24, 2.45) is 0 Å². The monoisotopic (exact) mass is 546 g/mol. The Morgan fingerprint density at radius 1 is 0.450 bits per heavy atom. The fraction of sp³-hybridized carbons (Fsp3) is 0.412. The Labute approximate surface area is 238 Å². The van der Waals surface area contributed by atoms with E-state index in [1.807, 2.05) is 48.5 Å². The lowest BCUT2D eigenvalue weighted by Crippen LogP contribution is -2.01. The van der Waals surface area contributed by atoms with Crippen LogP contribution in [0.4, 0.5) is 0 Å². The van der Waals surface area contributed by atoms with Crippen molar-refractivity contribution in [2.75, 3.05) is 26.4 Å². The summed E-state index contributed by atoms with van der Waals surface area (Å²) in [4.78, 5) is 22.6. The predicted molar refractivity (Wildman–Crippen MR) is 158 cm³/mol. The summed E-state index contributed by atoms with van der Waals surface area (Å²) in [6.45, 7) is 5.83. The molecule has 0 amide bonds. The molecule has 0 spiro atoms. The fourth-order valence-electron chi connectivity index (χ4n) is 4.10. The van der Waals surface area contributed by atoms with Crippen LogP contribution in [-0.2, 0) is 0 Å². The quantitative estimate of drug-likeness (QED) is 0.105. The molecule has 0 heterocycles. The van der Waals surface area contributed by atoms with E-state index in [2.05, 4.69) is 0 Å². The molecular formula is C34H42O6. The van der Waals surface area contributed by atoms with E-state index in [0.29, 0.717) is 37.6 Å². The second-order valence-electron chi connectivity index (χ2n) is 9.86. The van der Waals surface area contributed by atoms with Crippen molar-refractivity contribution in [3.63, 3.8) is 0 Å². The molecule has 6 nitrogen and oxygen atoms in total. The standard InChI is InChI=1S/C34H42O6/c1-27(35)29-14-18-31(19-15-29)37-22-7-3-5-9-24-39-33-12-11-13-34(26-33)40-25-10-6-4-8-23-38-32-20-16-30(17-21-32)28(2)36/h11-21,26H,3-10,22-25H2,1-2H3. The van der Waals surface area contributed by atoms with Crippen LogP contribution in [0.1, 0.15) is 85.9 Å². The molecule has 3 aromatic rings. The highest BCUT2D eigenvalue weighted by Gasteiger charge is 2.02. The minimum atomic E-state index is 0.0640. The minimum Gasteiger partial charge on any atom is -0.494 e. The summed E-state index contributed by atoms with van der Waals surface area (Å²) in [5, 5.41) is 0. The zero-order chi connectivity index (χ0) is 28.4. The van der Waals surface area contributed by atoms with Gasteiger partial charge in [-0.1, -0.05) is 6.07 Å². The van der Waals surface area contributed by atoms with Crippen molar-refractivity contribution in [3.8, 4) is 23.0 Å². The van der Waals surface area contributed by atoms with Gasteiger partial charge in [0, 0.05) is 17.2 Å². The second-order valence-corrected chi connectivity index (χ2v) is 9.86. The Morgan fingerprint density at radius 2 is 0.775 bits per heavy atom. The van der Waals surface area contributed by atoms with E-state index in [1.165, 1.54) is 0 Å². The Bertz CT molecular complexity index is 1070. The van der Waals surface area contributed by atoms with Crippen molar-refractivity contribution in [1.29, 1.82) is 0 Å². The van der Waals surface area contributed by atoms with Crippen LogP contribution in [0.5, 0.6) is 23.0 Å². The van der Waals surface area contributed by atoms with Crippen LogP contribution in [0.3, 0.4) is 0 Å². The molecule has 0 aromatic heterocycles. The molecule has 40 heavy (non-hydrogen) atoms. The summed E-state index contributed by atoms with van der Waals surface area (Å²) in [7, 11) is 0. The zero-order valence-corrected chi connectivity index (χ0v) is 23.9. The Balaban J connectivity index is 1.16. The molecule has 3 rings (SSSR count). The highest BCUT2D eigenvalue weighted by molar-refractivity contribution is 5.94. The molecule has 0 saturated carbocycles. The molecule has 214 valence electrons. The number of hydrogen-bond donors (Lipinski definition) is 0. The fourth-order valence-corrected chi connectivity index (χ4v) is 4.10. The SMILES string of the molecule is CC(=O)c1ccc(OCCCCCCOc2cccc(OCCCCCCOc3ccc(C(C)=O)cc3)c2)cc1. The number of carbonyl (C=O) groups excluding carboxylic acids is 2. The lowest BCUT2D eigenvalue weighted by Gasteiger charge is -2.10. The molecule has 6 heteroatoms. The van der Waals surface area contributed by atoms with Gasteiger partial charge in [-0.05, 0) is 126 Å². The first-order valence-corrected chi connectivity index (χ1v) is 14.3. The summed E-state index contributed by atoms with van der Waals surface area (Å²) in [6, 6.07) is 22.4. The number of benzene rings is 3. The Hall–Kier alpha value is -3.80. The van der Waals surface area contributed by atoms with Gasteiger partial charge in [-0.15, -0.1) is 0 Å². The van der Waals surface area contributed by atoms with Gasteiger partial charge in [0.1, 0.15) is 23.0 Å². The van der Waals surface area contributed by atoms with E-state index in [4.69, 9.17) is 18.9 Å². The van der Waals surface area contributed by atoms with Crippen LogP contribution in [0.2, 0.25) is 0 Å². The van der Waals surface area contributed by atoms with E-state index in [9.17, 15) is 9.59 Å². The number of ketones is 2. The summed E-state index contributed by atoms with van der Waals surface area (Å²) < 4.78 is 23.3. The van der Waals surface area contributed by atoms with Crippen LogP contribution >= 0.6 is 0 Å². The van der Waals surface area contributed by atoms with Gasteiger partial charge in [0.15, 0.2) is 11.6 Å². The maximum absolute atomic E-state index is 11.3. The van der Waals surface area contributed by atoms with Gasteiger partial charge in [0.25, 0.3) is 0 Å². The number of Topliss-reactive ketones (excluding diaryl/α,β-unsaturated/α-hetero) is 2. The van der Waals surface area contributed by atoms with Crippen molar-refractivity contribution < 1.29 is 28.5 Å². The maximum atomic E-state index is 11.3. The number of ether oxygens (including phenoxy) is 4. The van der Waals surface area contributed by atoms with E-state index < -0.39 is 0 Å². The topological polar surface area (TPSA) is 71.1 Å². The van der Waals surface area contributed by atoms with Gasteiger partial charge in [-0.2, -0.15) is 0 Å². The number of unbranched alkanes of at least 4 members (excludes halogenated alkanes) is 6. The van der Waals surface area contributed by atoms with E-state index in [-0.39, 0.29) is 11.6 Å². The number of carbonyl (C=O) groups is 2. The highest BCUT2D eigenvalue weighted by atomic mass is 16.5. The third kappa shape index (κ3) is 11.9. The molecule has 0 radical (unpaired) electrons. The van der Waals surface area contributed by atoms with Crippen molar-refractivity contribution in [1.82, 2.24) is 0 Å². The van der Waals surface area contributed by atoms with Crippen molar-refractivity contribution in [2.45, 2.75) is 65.2 Å². The Kier molecular flexibility index (Phi) is 13.6. The van der Waals surface area contributed by atoms with Crippen molar-refractivity contribution in [3.05, 3.63) is 83.9 Å². The van der Waals surface area contributed by atoms with Gasteiger partial charge in [-0.3, -0.25) is 9.59 Å². The first-order chi connectivity index (χ1) is 19.5. The maximum Gasteiger partial charge on any atom is 0.159 e. The van der Waals surface area contributed by atoms with Crippen LogP contribution in [0.15, 0.2) is 72.8 Å². The summed E-state index contributed by atoms with van der Waals surface area (Å²) in [5.41, 5.74) is 1.41. The van der Waals surface area contributed by atoms with Gasteiger partial charge in [-0.25, -0.2) is 0 Å². The molecule has 0 aliphatic rings. The molecule has 0 saturated heterocycles. The van der Waals surface area contributed by atoms with Gasteiger partial charge in [0.2, 0.25) is 0 Å². The highest BCUT2D eigenvalue weighted by Crippen LogP contribution is 2.20. The summed E-state index contributed by atoms with van der Waals surface area (Å²) >= 11 is 0. The van der Waals surface area contributed by atoms with Crippen molar-refractivity contribution >= 4 is 11.6 Å². The Morgan fingerprint density at radius 3 is 1.10 bits per heavy atom. The third-order valence-corrected chi connectivity index (χ3v) is 6.48. The first-order valence-electron chi connectivity index (χ1n) is 14.3. The number of hydrogen-bond acceptors (Lipinski definition) is 6. The largest absolute Gasteiger partial charge is 0.494 e. The lowest BCUT2D eigenvalue weighted by molar-refractivity contribution is 0.100.